The number of thioether (sulfide) groups is 1. The minimum absolute atomic E-state index is 0.0717. The van der Waals surface area contributed by atoms with Gasteiger partial charge in [0.15, 0.2) is 17.5 Å². The molecule has 2 heterocycles. The van der Waals surface area contributed by atoms with Crippen LogP contribution in [0.15, 0.2) is 23.7 Å². The maximum absolute atomic E-state index is 10.7. The Morgan fingerprint density at radius 3 is 2.64 bits per heavy atom. The minimum Gasteiger partial charge on any atom is -0.480 e. The summed E-state index contributed by atoms with van der Waals surface area (Å²) in [5.74, 6) is 1.89. The van der Waals surface area contributed by atoms with Gasteiger partial charge in [0.2, 0.25) is 5.82 Å². The van der Waals surface area contributed by atoms with E-state index in [1.165, 1.54) is 10.8 Å². The van der Waals surface area contributed by atoms with E-state index >= 15 is 0 Å². The molecule has 0 bridgehead atoms. The molecule has 0 aromatic carbocycles. The number of hydrogen-bond donors (Lipinski definition) is 0. The molecule has 0 spiro atoms. The average molecular weight is 323 g/mol. The van der Waals surface area contributed by atoms with E-state index in [4.69, 9.17) is 4.74 Å². The van der Waals surface area contributed by atoms with Crippen molar-refractivity contribution in [3.05, 3.63) is 34.5 Å². The summed E-state index contributed by atoms with van der Waals surface area (Å²) >= 11 is 1.61. The first-order chi connectivity index (χ1) is 10.6. The number of aromatic nitrogens is 4. The van der Waals surface area contributed by atoms with Gasteiger partial charge >= 0.3 is 5.82 Å². The predicted molar refractivity (Wildman–Crippen MR) is 81.9 cm³/mol. The molecule has 0 unspecified atom stereocenters. The van der Waals surface area contributed by atoms with Crippen molar-refractivity contribution in [3.8, 4) is 5.75 Å². The Bertz CT molecular complexity index is 629. The van der Waals surface area contributed by atoms with E-state index in [0.29, 0.717) is 16.7 Å². The van der Waals surface area contributed by atoms with Gasteiger partial charge in [0.1, 0.15) is 6.20 Å². The van der Waals surface area contributed by atoms with Gasteiger partial charge in [-0.1, -0.05) is 25.1 Å². The third kappa shape index (κ3) is 4.17. The van der Waals surface area contributed by atoms with Crippen molar-refractivity contribution in [2.75, 3.05) is 5.75 Å². The second-order valence-corrected chi connectivity index (χ2v) is 5.60. The molecule has 0 aliphatic rings. The molecule has 2 aromatic rings. The second-order valence-electron chi connectivity index (χ2n) is 4.54. The Balaban J connectivity index is 1.90. The van der Waals surface area contributed by atoms with E-state index in [1.807, 2.05) is 0 Å². The van der Waals surface area contributed by atoms with E-state index in [9.17, 15) is 10.1 Å². The van der Waals surface area contributed by atoms with E-state index in [2.05, 4.69) is 21.9 Å². The fraction of sp³-hybridized carbons (Fsp3) is 0.462. The lowest BCUT2D eigenvalue weighted by Crippen LogP contribution is -2.06. The average Bonchev–Trinajstić information content (AvgIpc) is 2.88. The Morgan fingerprint density at radius 2 is 2.05 bits per heavy atom. The van der Waals surface area contributed by atoms with E-state index in [-0.39, 0.29) is 12.4 Å². The summed E-state index contributed by atoms with van der Waals surface area (Å²) in [4.78, 5) is 22.6. The second kappa shape index (κ2) is 7.74. The highest BCUT2D eigenvalue weighted by Crippen LogP contribution is 2.18. The van der Waals surface area contributed by atoms with Crippen LogP contribution in [0.5, 0.6) is 5.75 Å². The Hall–Kier alpha value is -2.16. The number of ether oxygens (including phenoxy) is 1. The quantitative estimate of drug-likeness (QED) is 0.242. The van der Waals surface area contributed by atoms with Crippen LogP contribution < -0.4 is 4.74 Å². The van der Waals surface area contributed by atoms with E-state index in [0.717, 1.165) is 18.6 Å². The normalized spacial score (nSPS) is 10.6. The first-order valence-corrected chi connectivity index (χ1v) is 7.83. The van der Waals surface area contributed by atoms with Crippen molar-refractivity contribution >= 4 is 17.6 Å². The molecule has 0 aliphatic heterocycles. The molecule has 0 N–H and O–H groups in total. The molecule has 0 saturated heterocycles. The summed E-state index contributed by atoms with van der Waals surface area (Å²) in [6, 6.07) is 0. The maximum atomic E-state index is 10.7. The molecule has 0 amide bonds. The maximum Gasteiger partial charge on any atom is 0.342 e. The fourth-order valence-electron chi connectivity index (χ4n) is 1.65. The van der Waals surface area contributed by atoms with Crippen LogP contribution in [0.1, 0.15) is 25.6 Å². The Labute approximate surface area is 132 Å². The van der Waals surface area contributed by atoms with Gasteiger partial charge in [-0.15, -0.1) is 0 Å². The third-order valence-corrected chi connectivity index (χ3v) is 3.91. The van der Waals surface area contributed by atoms with Crippen molar-refractivity contribution in [1.82, 2.24) is 19.5 Å². The smallest absolute Gasteiger partial charge is 0.342 e. The summed E-state index contributed by atoms with van der Waals surface area (Å²) in [5.41, 5.74) is 0. The highest BCUT2D eigenvalue weighted by molar-refractivity contribution is 7.99. The van der Waals surface area contributed by atoms with Gasteiger partial charge < -0.3 is 14.9 Å². The van der Waals surface area contributed by atoms with Crippen molar-refractivity contribution in [2.45, 2.75) is 31.5 Å². The summed E-state index contributed by atoms with van der Waals surface area (Å²) in [6.45, 7) is 2.26. The molecule has 0 fully saturated rings. The largest absolute Gasteiger partial charge is 0.480 e. The number of imidazole rings is 1. The zero-order valence-corrected chi connectivity index (χ0v) is 13.2. The standard InChI is InChI=1S/C13H17N5O3S/c1-3-4-5-22-13-15-6-10(7-16-13)21-9-11-14-8-12(17(11)2)18(19)20/h6-8H,3-5,9H2,1-2H3. The van der Waals surface area contributed by atoms with Gasteiger partial charge in [0, 0.05) is 5.75 Å². The molecule has 0 saturated carbocycles. The molecule has 8 nitrogen and oxygen atoms in total. The number of nitrogens with zero attached hydrogens (tertiary/aromatic N) is 5. The number of rotatable bonds is 8. The van der Waals surface area contributed by atoms with Crippen molar-refractivity contribution in [3.63, 3.8) is 0 Å². The van der Waals surface area contributed by atoms with E-state index < -0.39 is 4.92 Å². The SMILES string of the molecule is CCCCSc1ncc(OCc2ncc([N+](=O)[O-])n2C)cn1. The molecule has 2 rings (SSSR count). The lowest BCUT2D eigenvalue weighted by molar-refractivity contribution is -0.391. The van der Waals surface area contributed by atoms with Gasteiger partial charge in [0.25, 0.3) is 0 Å². The van der Waals surface area contributed by atoms with Crippen molar-refractivity contribution in [1.29, 1.82) is 0 Å². The molecule has 22 heavy (non-hydrogen) atoms. The van der Waals surface area contributed by atoms with Crippen LogP contribution in [0.2, 0.25) is 0 Å². The number of unbranched alkanes of at least 4 members (excludes halogenated alkanes) is 1. The first kappa shape index (κ1) is 16.2. The van der Waals surface area contributed by atoms with Crippen LogP contribution in [0, 0.1) is 10.1 Å². The first-order valence-electron chi connectivity index (χ1n) is 6.84. The fourth-order valence-corrected chi connectivity index (χ4v) is 2.52. The predicted octanol–water partition coefficient (Wildman–Crippen LogP) is 2.59. The van der Waals surface area contributed by atoms with E-state index in [1.54, 1.807) is 31.2 Å². The topological polar surface area (TPSA) is 96.0 Å². The Kier molecular flexibility index (Phi) is 5.70. The van der Waals surface area contributed by atoms with Crippen LogP contribution in [0.25, 0.3) is 0 Å². The van der Waals surface area contributed by atoms with Crippen LogP contribution in [0.4, 0.5) is 5.82 Å². The van der Waals surface area contributed by atoms with Gasteiger partial charge in [-0.05, 0) is 11.3 Å². The molecule has 0 aliphatic carbocycles. The van der Waals surface area contributed by atoms with Crippen LogP contribution in [-0.2, 0) is 13.7 Å². The van der Waals surface area contributed by atoms with Crippen LogP contribution in [-0.4, -0.2) is 30.2 Å². The van der Waals surface area contributed by atoms with Gasteiger partial charge in [0.05, 0.1) is 19.4 Å². The minimum atomic E-state index is -0.484. The summed E-state index contributed by atoms with van der Waals surface area (Å²) < 4.78 is 6.89. The van der Waals surface area contributed by atoms with Gasteiger partial charge in [-0.25, -0.2) is 19.5 Å². The zero-order valence-electron chi connectivity index (χ0n) is 12.4. The summed E-state index contributed by atoms with van der Waals surface area (Å²) in [7, 11) is 1.58. The zero-order chi connectivity index (χ0) is 15.9. The molecular formula is C13H17N5O3S. The molecule has 0 radical (unpaired) electrons. The monoisotopic (exact) mass is 323 g/mol. The number of hydrogen-bond acceptors (Lipinski definition) is 7. The summed E-state index contributed by atoms with van der Waals surface area (Å²) in [6.07, 6.45) is 6.67. The molecule has 0 atom stereocenters. The Morgan fingerprint density at radius 1 is 1.32 bits per heavy atom. The number of nitro groups is 1. The highest BCUT2D eigenvalue weighted by atomic mass is 32.2. The van der Waals surface area contributed by atoms with Gasteiger partial charge in [-0.3, -0.25) is 0 Å². The van der Waals surface area contributed by atoms with Crippen LogP contribution in [0.3, 0.4) is 0 Å². The molecule has 2 aromatic heterocycles. The van der Waals surface area contributed by atoms with Gasteiger partial charge in [-0.2, -0.15) is 0 Å². The van der Waals surface area contributed by atoms with Crippen molar-refractivity contribution in [2.24, 2.45) is 7.05 Å². The van der Waals surface area contributed by atoms with Crippen LogP contribution >= 0.6 is 11.8 Å². The third-order valence-electron chi connectivity index (χ3n) is 2.95. The molecule has 9 heteroatoms. The van der Waals surface area contributed by atoms with Crippen molar-refractivity contribution < 1.29 is 9.66 Å². The lowest BCUT2D eigenvalue weighted by atomic mass is 10.4. The summed E-state index contributed by atoms with van der Waals surface area (Å²) in [5, 5.41) is 11.5. The lowest BCUT2D eigenvalue weighted by Gasteiger charge is -2.04. The molecule has 118 valence electrons. The molecular weight excluding hydrogens is 306 g/mol. The highest BCUT2D eigenvalue weighted by Gasteiger charge is 2.16.